The second kappa shape index (κ2) is 1.86. The first-order valence-electron chi connectivity index (χ1n) is 4.03. The van der Waals surface area contributed by atoms with Gasteiger partial charge < -0.3 is 0 Å². The van der Waals surface area contributed by atoms with Crippen LogP contribution in [0.2, 0.25) is 0 Å². The minimum atomic E-state index is 0.957. The summed E-state index contributed by atoms with van der Waals surface area (Å²) in [7, 11) is 0. The summed E-state index contributed by atoms with van der Waals surface area (Å²) in [5.74, 6) is 3.00. The molecule has 0 heterocycles. The van der Waals surface area contributed by atoms with Gasteiger partial charge in [-0.1, -0.05) is 19.1 Å². The van der Waals surface area contributed by atoms with Crippen molar-refractivity contribution < 1.29 is 0 Å². The molecule has 0 aliphatic heterocycles. The molecule has 2 rings (SSSR count). The molecule has 2 bridgehead atoms. The number of fused-ring (bicyclic) bond motifs is 2. The summed E-state index contributed by atoms with van der Waals surface area (Å²) in [6.07, 6.45) is 9.10. The first-order valence-corrected chi connectivity index (χ1v) is 4.03. The molecule has 2 aliphatic rings. The molecule has 1 saturated carbocycles. The summed E-state index contributed by atoms with van der Waals surface area (Å²) >= 11 is 0. The van der Waals surface area contributed by atoms with Gasteiger partial charge in [-0.05, 0) is 37.0 Å². The van der Waals surface area contributed by atoms with Crippen molar-refractivity contribution in [3.63, 3.8) is 0 Å². The van der Waals surface area contributed by atoms with E-state index in [1.807, 2.05) is 0 Å². The van der Waals surface area contributed by atoms with E-state index in [-0.39, 0.29) is 0 Å². The van der Waals surface area contributed by atoms with E-state index in [0.29, 0.717) is 0 Å². The van der Waals surface area contributed by atoms with E-state index in [4.69, 9.17) is 0 Å². The molecule has 1 fully saturated rings. The third-order valence-electron chi connectivity index (χ3n) is 2.93. The van der Waals surface area contributed by atoms with Gasteiger partial charge in [-0.25, -0.2) is 0 Å². The molecule has 3 unspecified atom stereocenters. The van der Waals surface area contributed by atoms with Crippen molar-refractivity contribution in [2.75, 3.05) is 0 Å². The quantitative estimate of drug-likeness (QED) is 0.433. The fraction of sp³-hybridized carbons (Fsp3) is 0.778. The highest BCUT2D eigenvalue weighted by Crippen LogP contribution is 2.41. The van der Waals surface area contributed by atoms with Gasteiger partial charge in [0, 0.05) is 0 Å². The Morgan fingerprint density at radius 1 is 1.33 bits per heavy atom. The Morgan fingerprint density at radius 3 is 2.89 bits per heavy atom. The van der Waals surface area contributed by atoms with Crippen molar-refractivity contribution in [3.05, 3.63) is 12.2 Å². The molecule has 0 N–H and O–H groups in total. The van der Waals surface area contributed by atoms with Gasteiger partial charge in [0.15, 0.2) is 0 Å². The Labute approximate surface area is 57.0 Å². The van der Waals surface area contributed by atoms with Crippen LogP contribution in [0.4, 0.5) is 0 Å². The summed E-state index contributed by atoms with van der Waals surface area (Å²) in [4.78, 5) is 0. The van der Waals surface area contributed by atoms with Crippen molar-refractivity contribution in [1.29, 1.82) is 0 Å². The average Bonchev–Trinajstić information content (AvgIpc) is 2.09. The van der Waals surface area contributed by atoms with Crippen LogP contribution in [0, 0.1) is 17.8 Å². The molecule has 0 heteroatoms. The molecule has 0 saturated heterocycles. The fourth-order valence-electron chi connectivity index (χ4n) is 2.32. The highest BCUT2D eigenvalue weighted by Gasteiger charge is 2.30. The summed E-state index contributed by atoms with van der Waals surface area (Å²) in [6.45, 7) is 2.40. The van der Waals surface area contributed by atoms with E-state index in [9.17, 15) is 0 Å². The van der Waals surface area contributed by atoms with E-state index >= 15 is 0 Å². The van der Waals surface area contributed by atoms with Crippen LogP contribution in [0.15, 0.2) is 12.2 Å². The van der Waals surface area contributed by atoms with Gasteiger partial charge in [-0.3, -0.25) is 0 Å². The highest BCUT2D eigenvalue weighted by atomic mass is 14.4. The smallest absolute Gasteiger partial charge is 0.0228 e. The Hall–Kier alpha value is -0.260. The van der Waals surface area contributed by atoms with Gasteiger partial charge in [0.05, 0.1) is 0 Å². The average molecular weight is 122 g/mol. The monoisotopic (exact) mass is 122 g/mol. The van der Waals surface area contributed by atoms with Gasteiger partial charge in [0.2, 0.25) is 0 Å². The Morgan fingerprint density at radius 2 is 2.22 bits per heavy atom. The molecule has 0 radical (unpaired) electrons. The van der Waals surface area contributed by atoms with Crippen LogP contribution >= 0.6 is 0 Å². The third-order valence-corrected chi connectivity index (χ3v) is 2.93. The molecule has 50 valence electrons. The van der Waals surface area contributed by atoms with Crippen LogP contribution in [0.1, 0.15) is 26.2 Å². The topological polar surface area (TPSA) is 0 Å². The van der Waals surface area contributed by atoms with Crippen LogP contribution in [0.25, 0.3) is 0 Å². The molecule has 3 atom stereocenters. The Balaban J connectivity index is 2.17. The number of hydrogen-bond acceptors (Lipinski definition) is 0. The minimum absolute atomic E-state index is 0.957. The molecule has 0 aromatic rings. The van der Waals surface area contributed by atoms with Gasteiger partial charge >= 0.3 is 0 Å². The second-order valence-electron chi connectivity index (χ2n) is 3.63. The van der Waals surface area contributed by atoms with Gasteiger partial charge in [-0.2, -0.15) is 0 Å². The SMILES string of the molecule is CC1CC2C=CCC1C2. The van der Waals surface area contributed by atoms with Gasteiger partial charge in [0.1, 0.15) is 0 Å². The van der Waals surface area contributed by atoms with E-state index in [2.05, 4.69) is 19.1 Å². The van der Waals surface area contributed by atoms with Gasteiger partial charge in [0.25, 0.3) is 0 Å². The largest absolute Gasteiger partial charge is 0.0880 e. The second-order valence-corrected chi connectivity index (χ2v) is 3.63. The molecular formula is C9H14. The van der Waals surface area contributed by atoms with E-state index in [1.165, 1.54) is 19.3 Å². The zero-order valence-electron chi connectivity index (χ0n) is 6.01. The van der Waals surface area contributed by atoms with E-state index in [1.54, 1.807) is 0 Å². The first-order chi connectivity index (χ1) is 4.36. The fourth-order valence-corrected chi connectivity index (χ4v) is 2.32. The zero-order chi connectivity index (χ0) is 6.27. The maximum atomic E-state index is 2.42. The van der Waals surface area contributed by atoms with Crippen molar-refractivity contribution in [3.8, 4) is 0 Å². The highest BCUT2D eigenvalue weighted by molar-refractivity contribution is 5.02. The van der Waals surface area contributed by atoms with Crippen molar-refractivity contribution in [2.24, 2.45) is 17.8 Å². The minimum Gasteiger partial charge on any atom is -0.0880 e. The Bertz CT molecular complexity index is 133. The maximum Gasteiger partial charge on any atom is -0.0228 e. The lowest BCUT2D eigenvalue weighted by Gasteiger charge is -2.13. The summed E-state index contributed by atoms with van der Waals surface area (Å²) in [6, 6.07) is 0. The van der Waals surface area contributed by atoms with Crippen LogP contribution in [-0.4, -0.2) is 0 Å². The van der Waals surface area contributed by atoms with E-state index < -0.39 is 0 Å². The predicted molar refractivity (Wildman–Crippen MR) is 39.1 cm³/mol. The summed E-state index contributed by atoms with van der Waals surface area (Å²) < 4.78 is 0. The lowest BCUT2D eigenvalue weighted by molar-refractivity contribution is 0.421. The molecule has 0 amide bonds. The molecule has 0 aromatic carbocycles. The van der Waals surface area contributed by atoms with Crippen molar-refractivity contribution in [2.45, 2.75) is 26.2 Å². The molecule has 2 aliphatic carbocycles. The molecule has 0 spiro atoms. The number of allylic oxidation sites excluding steroid dienone is 2. The predicted octanol–water partition coefficient (Wildman–Crippen LogP) is 2.61. The standard InChI is InChI=1S/C9H14/c1-7-5-8-3-2-4-9(7)6-8/h2-3,7-9H,4-6H2,1H3. The maximum absolute atomic E-state index is 2.42. The van der Waals surface area contributed by atoms with Crippen LogP contribution in [0.5, 0.6) is 0 Å². The van der Waals surface area contributed by atoms with Crippen LogP contribution < -0.4 is 0 Å². The lowest BCUT2D eigenvalue weighted by Crippen LogP contribution is -2.02. The molecule has 9 heavy (non-hydrogen) atoms. The zero-order valence-corrected chi connectivity index (χ0v) is 6.01. The van der Waals surface area contributed by atoms with Crippen LogP contribution in [0.3, 0.4) is 0 Å². The van der Waals surface area contributed by atoms with Gasteiger partial charge in [-0.15, -0.1) is 0 Å². The third kappa shape index (κ3) is 0.810. The van der Waals surface area contributed by atoms with E-state index in [0.717, 1.165) is 17.8 Å². The Kier molecular flexibility index (Phi) is 1.14. The molecule has 0 aromatic heterocycles. The molecule has 0 nitrogen and oxygen atoms in total. The van der Waals surface area contributed by atoms with Crippen molar-refractivity contribution in [1.82, 2.24) is 0 Å². The summed E-state index contributed by atoms with van der Waals surface area (Å²) in [5.41, 5.74) is 0. The van der Waals surface area contributed by atoms with Crippen LogP contribution in [-0.2, 0) is 0 Å². The summed E-state index contributed by atoms with van der Waals surface area (Å²) in [5, 5.41) is 0. The number of rotatable bonds is 0. The lowest BCUT2D eigenvalue weighted by atomic mass is 9.92. The normalized spacial score (nSPS) is 47.9. The first kappa shape index (κ1) is 5.52. The van der Waals surface area contributed by atoms with Crippen molar-refractivity contribution >= 4 is 0 Å². The number of hydrogen-bond donors (Lipinski definition) is 0. The molecular weight excluding hydrogens is 108 g/mol.